The maximum Gasteiger partial charge on any atom is 0.0766 e. The molecule has 1 fully saturated rings. The first kappa shape index (κ1) is 14.0. The largest absolute Gasteiger partial charge is 0.389 e. The fraction of sp³-hybridized carbons (Fsp3) is 1.00. The molecule has 0 aromatic heterocycles. The fourth-order valence-electron chi connectivity index (χ4n) is 2.27. The minimum atomic E-state index is -0.568. The Hall–Kier alpha value is -0.0800. The van der Waals surface area contributed by atoms with Gasteiger partial charge in [0.05, 0.1) is 5.60 Å². The van der Waals surface area contributed by atoms with Crippen molar-refractivity contribution >= 4 is 0 Å². The minimum Gasteiger partial charge on any atom is -0.389 e. The number of hydrogen-bond acceptors (Lipinski definition) is 2. The van der Waals surface area contributed by atoms with E-state index >= 15 is 0 Å². The van der Waals surface area contributed by atoms with Crippen LogP contribution >= 0.6 is 0 Å². The molecular weight excluding hydrogens is 198 g/mol. The van der Waals surface area contributed by atoms with Crippen molar-refractivity contribution < 1.29 is 5.11 Å². The Morgan fingerprint density at radius 1 is 1.25 bits per heavy atom. The summed E-state index contributed by atoms with van der Waals surface area (Å²) < 4.78 is 0. The van der Waals surface area contributed by atoms with Crippen molar-refractivity contribution in [1.29, 1.82) is 0 Å². The van der Waals surface area contributed by atoms with Crippen molar-refractivity contribution in [2.45, 2.75) is 59.0 Å². The summed E-state index contributed by atoms with van der Waals surface area (Å²) in [5.74, 6) is 2.07. The normalized spacial score (nSPS) is 30.4. The summed E-state index contributed by atoms with van der Waals surface area (Å²) in [7, 11) is 0. The summed E-state index contributed by atoms with van der Waals surface area (Å²) in [6, 6.07) is 0. The molecule has 1 aliphatic carbocycles. The van der Waals surface area contributed by atoms with E-state index in [-0.39, 0.29) is 0 Å². The van der Waals surface area contributed by atoms with E-state index in [2.05, 4.69) is 26.1 Å². The molecule has 16 heavy (non-hydrogen) atoms. The van der Waals surface area contributed by atoms with Crippen molar-refractivity contribution in [2.24, 2.45) is 17.8 Å². The zero-order chi connectivity index (χ0) is 12.2. The van der Waals surface area contributed by atoms with Gasteiger partial charge in [0.25, 0.3) is 0 Å². The Labute approximate surface area is 101 Å². The summed E-state index contributed by atoms with van der Waals surface area (Å²) in [6.07, 6.45) is 5.48. The second kappa shape index (κ2) is 6.02. The average Bonchev–Trinajstić information content (AvgIpc) is 2.20. The molecule has 1 saturated carbocycles. The Balaban J connectivity index is 2.16. The first-order valence-electron chi connectivity index (χ1n) is 6.85. The zero-order valence-electron chi connectivity index (χ0n) is 11.4. The van der Waals surface area contributed by atoms with E-state index in [9.17, 15) is 5.11 Å². The third-order valence-electron chi connectivity index (χ3n) is 4.30. The van der Waals surface area contributed by atoms with Crippen LogP contribution in [0.15, 0.2) is 0 Å². The van der Waals surface area contributed by atoms with E-state index in [0.717, 1.165) is 24.9 Å². The lowest BCUT2D eigenvalue weighted by Gasteiger charge is -2.30. The van der Waals surface area contributed by atoms with Crippen LogP contribution in [0.1, 0.15) is 53.4 Å². The van der Waals surface area contributed by atoms with E-state index in [4.69, 9.17) is 0 Å². The monoisotopic (exact) mass is 227 g/mol. The highest BCUT2D eigenvalue weighted by Crippen LogP contribution is 2.27. The van der Waals surface area contributed by atoms with Crippen LogP contribution in [0.5, 0.6) is 0 Å². The molecule has 0 heterocycles. The van der Waals surface area contributed by atoms with E-state index in [1.165, 1.54) is 25.7 Å². The van der Waals surface area contributed by atoms with Gasteiger partial charge in [-0.05, 0) is 44.1 Å². The maximum atomic E-state index is 10.1. The molecule has 0 radical (unpaired) electrons. The van der Waals surface area contributed by atoms with Crippen LogP contribution in [0.2, 0.25) is 0 Å². The van der Waals surface area contributed by atoms with Crippen LogP contribution in [0, 0.1) is 17.8 Å². The lowest BCUT2D eigenvalue weighted by molar-refractivity contribution is 0.0131. The van der Waals surface area contributed by atoms with Crippen LogP contribution in [0.25, 0.3) is 0 Å². The summed E-state index contributed by atoms with van der Waals surface area (Å²) in [5, 5.41) is 13.5. The van der Waals surface area contributed by atoms with Crippen LogP contribution in [-0.4, -0.2) is 23.8 Å². The minimum absolute atomic E-state index is 0.311. The third kappa shape index (κ3) is 4.42. The van der Waals surface area contributed by atoms with Gasteiger partial charge < -0.3 is 10.4 Å². The lowest BCUT2D eigenvalue weighted by atomic mass is 9.83. The van der Waals surface area contributed by atoms with Gasteiger partial charge in [-0.3, -0.25) is 0 Å². The molecule has 1 aliphatic rings. The average molecular weight is 227 g/mol. The highest BCUT2D eigenvalue weighted by atomic mass is 16.3. The van der Waals surface area contributed by atoms with Gasteiger partial charge in [0.2, 0.25) is 0 Å². The smallest absolute Gasteiger partial charge is 0.0766 e. The molecule has 0 saturated heterocycles. The Bertz CT molecular complexity index is 193. The highest BCUT2D eigenvalue weighted by molar-refractivity contribution is 4.80. The molecule has 0 spiro atoms. The van der Waals surface area contributed by atoms with E-state index in [1.54, 1.807) is 0 Å². The third-order valence-corrected chi connectivity index (χ3v) is 4.30. The quantitative estimate of drug-likeness (QED) is 0.757. The van der Waals surface area contributed by atoms with Gasteiger partial charge in [0.1, 0.15) is 0 Å². The Morgan fingerprint density at radius 2 is 1.81 bits per heavy atom. The van der Waals surface area contributed by atoms with Gasteiger partial charge in [-0.1, -0.05) is 33.6 Å². The second-order valence-electron chi connectivity index (χ2n) is 6.27. The predicted molar refractivity (Wildman–Crippen MR) is 69.5 cm³/mol. The van der Waals surface area contributed by atoms with E-state index in [1.807, 2.05) is 6.92 Å². The molecule has 2 heteroatoms. The first-order valence-corrected chi connectivity index (χ1v) is 6.85. The van der Waals surface area contributed by atoms with Gasteiger partial charge in [-0.15, -0.1) is 0 Å². The Morgan fingerprint density at radius 3 is 2.31 bits per heavy atom. The van der Waals surface area contributed by atoms with Crippen molar-refractivity contribution in [2.75, 3.05) is 13.1 Å². The molecule has 2 N–H and O–H groups in total. The molecular formula is C14H29NO. The Kier molecular flexibility index (Phi) is 5.26. The molecule has 1 rings (SSSR count). The SMILES string of the molecule is CC1CCC(CNCC(C)(O)C(C)C)CC1. The standard InChI is InChI=1S/C14H29NO/c1-11(2)14(4,16)10-15-9-13-7-5-12(3)6-8-13/h11-13,15-16H,5-10H2,1-4H3. The number of aliphatic hydroxyl groups is 1. The molecule has 0 amide bonds. The van der Waals surface area contributed by atoms with E-state index in [0.29, 0.717) is 5.92 Å². The first-order chi connectivity index (χ1) is 7.42. The molecule has 0 aromatic rings. The second-order valence-corrected chi connectivity index (χ2v) is 6.27. The van der Waals surface area contributed by atoms with Gasteiger partial charge in [0, 0.05) is 6.54 Å². The van der Waals surface area contributed by atoms with Gasteiger partial charge in [0.15, 0.2) is 0 Å². The van der Waals surface area contributed by atoms with Crippen LogP contribution in [0.3, 0.4) is 0 Å². The zero-order valence-corrected chi connectivity index (χ0v) is 11.4. The van der Waals surface area contributed by atoms with Crippen LogP contribution in [-0.2, 0) is 0 Å². The van der Waals surface area contributed by atoms with Crippen LogP contribution in [0.4, 0.5) is 0 Å². The van der Waals surface area contributed by atoms with Crippen molar-refractivity contribution in [3.8, 4) is 0 Å². The van der Waals surface area contributed by atoms with Crippen molar-refractivity contribution in [3.63, 3.8) is 0 Å². The summed E-state index contributed by atoms with van der Waals surface area (Å²) in [5.41, 5.74) is -0.568. The van der Waals surface area contributed by atoms with Crippen molar-refractivity contribution in [3.05, 3.63) is 0 Å². The number of rotatable bonds is 5. The number of nitrogens with one attached hydrogen (secondary N) is 1. The molecule has 1 unspecified atom stereocenters. The molecule has 0 aromatic carbocycles. The van der Waals surface area contributed by atoms with E-state index < -0.39 is 5.60 Å². The van der Waals surface area contributed by atoms with Gasteiger partial charge in [-0.2, -0.15) is 0 Å². The summed E-state index contributed by atoms with van der Waals surface area (Å²) in [4.78, 5) is 0. The molecule has 1 atom stereocenters. The fourth-order valence-corrected chi connectivity index (χ4v) is 2.27. The van der Waals surface area contributed by atoms with Gasteiger partial charge >= 0.3 is 0 Å². The number of hydrogen-bond donors (Lipinski definition) is 2. The molecule has 2 nitrogen and oxygen atoms in total. The molecule has 96 valence electrons. The topological polar surface area (TPSA) is 32.3 Å². The lowest BCUT2D eigenvalue weighted by Crippen LogP contribution is -2.43. The molecule has 0 bridgehead atoms. The molecule has 0 aliphatic heterocycles. The maximum absolute atomic E-state index is 10.1. The van der Waals surface area contributed by atoms with Crippen LogP contribution < -0.4 is 5.32 Å². The highest BCUT2D eigenvalue weighted by Gasteiger charge is 2.25. The predicted octanol–water partition coefficient (Wildman–Crippen LogP) is 2.81. The van der Waals surface area contributed by atoms with Gasteiger partial charge in [-0.25, -0.2) is 0 Å². The van der Waals surface area contributed by atoms with Crippen molar-refractivity contribution in [1.82, 2.24) is 5.32 Å². The summed E-state index contributed by atoms with van der Waals surface area (Å²) >= 11 is 0. The summed E-state index contributed by atoms with van der Waals surface area (Å²) in [6.45, 7) is 10.2.